The molecule has 9 nitrogen and oxygen atoms in total. The van der Waals surface area contributed by atoms with Crippen molar-refractivity contribution in [3.63, 3.8) is 0 Å². The maximum absolute atomic E-state index is 12.1. The molecule has 3 rings (SSSR count). The van der Waals surface area contributed by atoms with E-state index in [9.17, 15) is 9.59 Å². The zero-order chi connectivity index (χ0) is 24.7. The van der Waals surface area contributed by atoms with Gasteiger partial charge in [-0.25, -0.2) is 4.79 Å². The number of allylic oxidation sites excluding steroid dienone is 2. The van der Waals surface area contributed by atoms with Crippen LogP contribution in [-0.4, -0.2) is 87.1 Å². The summed E-state index contributed by atoms with van der Waals surface area (Å²) < 4.78 is 28.3. The average Bonchev–Trinajstić information content (AvgIpc) is 3.52. The van der Waals surface area contributed by atoms with Gasteiger partial charge in [-0.05, 0) is 26.8 Å². The summed E-state index contributed by atoms with van der Waals surface area (Å²) in [4.78, 5) is 24.9. The molecule has 2 amide bonds. The molecule has 9 heteroatoms. The van der Waals surface area contributed by atoms with Gasteiger partial charge in [0, 0.05) is 39.4 Å². The van der Waals surface area contributed by atoms with Gasteiger partial charge >= 0.3 is 6.09 Å². The Morgan fingerprint density at radius 2 is 1.91 bits per heavy atom. The minimum absolute atomic E-state index is 0.0486. The summed E-state index contributed by atoms with van der Waals surface area (Å²) in [5.41, 5.74) is 1.16. The van der Waals surface area contributed by atoms with Crippen LogP contribution in [-0.2, 0) is 28.5 Å². The van der Waals surface area contributed by atoms with Gasteiger partial charge in [0.2, 0.25) is 5.91 Å². The van der Waals surface area contributed by atoms with Crippen LogP contribution in [0, 0.1) is 0 Å². The number of hydrogen-bond acceptors (Lipinski definition) is 7. The first kappa shape index (κ1) is 26.4. The highest BCUT2D eigenvalue weighted by molar-refractivity contribution is 5.87. The highest BCUT2D eigenvalue weighted by atomic mass is 16.7. The predicted octanol–water partition coefficient (Wildman–Crippen LogP) is 2.72. The Labute approximate surface area is 202 Å². The molecule has 2 unspecified atom stereocenters. The number of rotatable bonds is 8. The van der Waals surface area contributed by atoms with Crippen molar-refractivity contribution in [3.8, 4) is 0 Å². The van der Waals surface area contributed by atoms with E-state index in [0.717, 1.165) is 25.0 Å². The molecule has 0 aromatic heterocycles. The lowest BCUT2D eigenvalue weighted by Gasteiger charge is -2.30. The van der Waals surface area contributed by atoms with E-state index < -0.39 is 12.2 Å². The van der Waals surface area contributed by atoms with Gasteiger partial charge in [-0.15, -0.1) is 0 Å². The van der Waals surface area contributed by atoms with E-state index in [1.807, 2.05) is 6.92 Å². The number of carbonyl (C=O) groups excluding carboxylic acids is 2. The fourth-order valence-corrected chi connectivity index (χ4v) is 3.97. The minimum Gasteiger partial charge on any atom is -0.442 e. The molecule has 34 heavy (non-hydrogen) atoms. The van der Waals surface area contributed by atoms with Gasteiger partial charge < -0.3 is 33.9 Å². The zero-order valence-corrected chi connectivity index (χ0v) is 20.8. The van der Waals surface area contributed by atoms with E-state index in [4.69, 9.17) is 23.7 Å². The molecule has 0 aliphatic carbocycles. The normalized spacial score (nSPS) is 32.7. The molecule has 1 N–H and O–H groups in total. The number of hydrogen-bond donors (Lipinski definition) is 1. The Morgan fingerprint density at radius 3 is 2.56 bits per heavy atom. The molecule has 4 atom stereocenters. The Bertz CT molecular complexity index is 795. The van der Waals surface area contributed by atoms with Crippen molar-refractivity contribution in [2.75, 3.05) is 33.9 Å². The summed E-state index contributed by atoms with van der Waals surface area (Å²) in [6.07, 6.45) is 10.6. The standard InChI is InChI=1S/C25H38N2O7/c1-17(6-9-21-13-25(16-32-25)12-19(3)33-21)7-11-23-30-14-20(15-31-23)26-22(28)10-8-18(2)34-24(29)27(4)5/h6-10,18-21,23H,11-16H2,1-5H3,(H,26,28)/t18?,19?,20?,21-,23?,25-/m1/s1. The molecule has 0 aromatic carbocycles. The van der Waals surface area contributed by atoms with Gasteiger partial charge in [0.15, 0.2) is 6.29 Å². The molecule has 190 valence electrons. The fourth-order valence-electron chi connectivity index (χ4n) is 3.97. The molecule has 0 radical (unpaired) electrons. The summed E-state index contributed by atoms with van der Waals surface area (Å²) in [5.74, 6) is -0.290. The SMILES string of the molecule is CC(C=C[C@@H]1C[C@@]2(CO2)CC(C)O1)=CCC1OCC(NC(=O)C=CC(C)OC(=O)N(C)C)CO1. The Balaban J connectivity index is 1.33. The average molecular weight is 479 g/mol. The van der Waals surface area contributed by atoms with E-state index in [2.05, 4.69) is 30.5 Å². The Kier molecular flexibility index (Phi) is 9.30. The third-order valence-corrected chi connectivity index (χ3v) is 5.88. The minimum atomic E-state index is -0.510. The zero-order valence-electron chi connectivity index (χ0n) is 20.8. The summed E-state index contributed by atoms with van der Waals surface area (Å²) in [6, 6.07) is -0.236. The van der Waals surface area contributed by atoms with Gasteiger partial charge in [0.05, 0.1) is 43.7 Å². The van der Waals surface area contributed by atoms with Crippen molar-refractivity contribution in [3.05, 3.63) is 36.0 Å². The van der Waals surface area contributed by atoms with Crippen LogP contribution < -0.4 is 5.32 Å². The summed E-state index contributed by atoms with van der Waals surface area (Å²) in [6.45, 7) is 7.41. The molecule has 0 aromatic rings. The molecule has 0 saturated carbocycles. The number of epoxide rings is 1. The highest BCUT2D eigenvalue weighted by Gasteiger charge is 2.50. The maximum Gasteiger partial charge on any atom is 0.409 e. The predicted molar refractivity (Wildman–Crippen MR) is 126 cm³/mol. The van der Waals surface area contributed by atoms with Gasteiger partial charge in [-0.1, -0.05) is 23.8 Å². The van der Waals surface area contributed by atoms with Crippen molar-refractivity contribution in [1.82, 2.24) is 10.2 Å². The van der Waals surface area contributed by atoms with Crippen LogP contribution in [0.5, 0.6) is 0 Å². The summed E-state index contributed by atoms with van der Waals surface area (Å²) in [5, 5.41) is 2.83. The molecular weight excluding hydrogens is 440 g/mol. The molecule has 1 spiro atoms. The second kappa shape index (κ2) is 12.0. The van der Waals surface area contributed by atoms with Crippen LogP contribution in [0.2, 0.25) is 0 Å². The van der Waals surface area contributed by atoms with E-state index in [1.54, 1.807) is 21.0 Å². The number of nitrogens with one attached hydrogen (secondary N) is 1. The first-order valence-electron chi connectivity index (χ1n) is 11.9. The first-order valence-corrected chi connectivity index (χ1v) is 11.9. The lowest BCUT2D eigenvalue weighted by atomic mass is 9.92. The van der Waals surface area contributed by atoms with Crippen LogP contribution in [0.4, 0.5) is 4.79 Å². The van der Waals surface area contributed by atoms with Gasteiger partial charge in [0.1, 0.15) is 6.10 Å². The van der Waals surface area contributed by atoms with Crippen LogP contribution >= 0.6 is 0 Å². The quantitative estimate of drug-likeness (QED) is 0.325. The number of ether oxygens (including phenoxy) is 5. The van der Waals surface area contributed by atoms with Crippen LogP contribution in [0.1, 0.15) is 40.0 Å². The Morgan fingerprint density at radius 1 is 1.21 bits per heavy atom. The monoisotopic (exact) mass is 478 g/mol. The number of nitrogens with zero attached hydrogens (tertiary/aromatic N) is 1. The van der Waals surface area contributed by atoms with Crippen LogP contribution in [0.15, 0.2) is 36.0 Å². The van der Waals surface area contributed by atoms with Gasteiger partial charge in [-0.2, -0.15) is 0 Å². The second-order valence-corrected chi connectivity index (χ2v) is 9.55. The summed E-state index contributed by atoms with van der Waals surface area (Å²) in [7, 11) is 3.20. The smallest absolute Gasteiger partial charge is 0.409 e. The van der Waals surface area contributed by atoms with Gasteiger partial charge in [0.25, 0.3) is 0 Å². The molecule has 3 heterocycles. The molecule has 3 aliphatic heterocycles. The number of amides is 2. The third kappa shape index (κ3) is 8.54. The van der Waals surface area contributed by atoms with Crippen LogP contribution in [0.25, 0.3) is 0 Å². The Hall–Kier alpha value is -2.20. The molecule has 3 aliphatic rings. The lowest BCUT2D eigenvalue weighted by molar-refractivity contribution is -0.187. The van der Waals surface area contributed by atoms with E-state index in [-0.39, 0.29) is 36.0 Å². The van der Waals surface area contributed by atoms with E-state index in [1.165, 1.54) is 17.1 Å². The van der Waals surface area contributed by atoms with Gasteiger partial charge in [-0.3, -0.25) is 4.79 Å². The van der Waals surface area contributed by atoms with E-state index in [0.29, 0.717) is 19.6 Å². The molecule has 3 saturated heterocycles. The van der Waals surface area contributed by atoms with Crippen molar-refractivity contribution in [2.45, 2.75) is 76.3 Å². The maximum atomic E-state index is 12.1. The van der Waals surface area contributed by atoms with E-state index >= 15 is 0 Å². The topological polar surface area (TPSA) is 98.9 Å². The largest absolute Gasteiger partial charge is 0.442 e. The first-order chi connectivity index (χ1) is 16.1. The molecule has 0 bridgehead atoms. The third-order valence-electron chi connectivity index (χ3n) is 5.88. The van der Waals surface area contributed by atoms with Crippen molar-refractivity contribution in [1.29, 1.82) is 0 Å². The fraction of sp³-hybridized carbons (Fsp3) is 0.680. The molecule has 3 fully saturated rings. The van der Waals surface area contributed by atoms with Crippen molar-refractivity contribution < 1.29 is 33.3 Å². The van der Waals surface area contributed by atoms with Crippen LogP contribution in [0.3, 0.4) is 0 Å². The summed E-state index contributed by atoms with van der Waals surface area (Å²) >= 11 is 0. The van der Waals surface area contributed by atoms with Crippen molar-refractivity contribution in [2.24, 2.45) is 0 Å². The lowest BCUT2D eigenvalue weighted by Crippen LogP contribution is -2.46. The van der Waals surface area contributed by atoms with Crippen molar-refractivity contribution >= 4 is 12.0 Å². The number of carbonyl (C=O) groups is 2. The molecular formula is C25H38N2O7. The highest BCUT2D eigenvalue weighted by Crippen LogP contribution is 2.42. The second-order valence-electron chi connectivity index (χ2n) is 9.55.